The van der Waals surface area contributed by atoms with Gasteiger partial charge in [0.15, 0.2) is 0 Å². The standard InChI is InChI=1S/C16H24N2O2S/c17-15-6-3-10-18(11-9-15)21(19,20)16-8-7-13-4-1-2-5-14(13)12-16/h7-8,12,15H,1-6,9-11,17H2. The number of sulfonamides is 1. The van der Waals surface area contributed by atoms with Crippen molar-refractivity contribution < 1.29 is 8.42 Å². The second-order valence-electron chi connectivity index (χ2n) is 6.23. The highest BCUT2D eigenvalue weighted by molar-refractivity contribution is 7.89. The van der Waals surface area contributed by atoms with Crippen molar-refractivity contribution in [3.63, 3.8) is 0 Å². The Labute approximate surface area is 127 Å². The maximum absolute atomic E-state index is 12.8. The van der Waals surface area contributed by atoms with Crippen LogP contribution < -0.4 is 5.73 Å². The van der Waals surface area contributed by atoms with E-state index in [4.69, 9.17) is 5.73 Å². The Bertz CT molecular complexity index is 613. The lowest BCUT2D eigenvalue weighted by atomic mass is 9.92. The minimum atomic E-state index is -3.36. The van der Waals surface area contributed by atoms with Gasteiger partial charge in [-0.25, -0.2) is 8.42 Å². The summed E-state index contributed by atoms with van der Waals surface area (Å²) in [5, 5.41) is 0. The Morgan fingerprint density at radius 3 is 2.57 bits per heavy atom. The average Bonchev–Trinajstić information content (AvgIpc) is 2.72. The minimum absolute atomic E-state index is 0.133. The highest BCUT2D eigenvalue weighted by Crippen LogP contribution is 2.26. The van der Waals surface area contributed by atoms with Crippen molar-refractivity contribution in [2.45, 2.75) is 55.9 Å². The van der Waals surface area contributed by atoms with Crippen LogP contribution in [-0.4, -0.2) is 31.9 Å². The lowest BCUT2D eigenvalue weighted by Crippen LogP contribution is -2.33. The molecule has 3 rings (SSSR count). The monoisotopic (exact) mass is 308 g/mol. The number of nitrogens with two attached hydrogens (primary N) is 1. The summed E-state index contributed by atoms with van der Waals surface area (Å²) in [4.78, 5) is 0.457. The van der Waals surface area contributed by atoms with Crippen LogP contribution in [0.4, 0.5) is 0 Å². The van der Waals surface area contributed by atoms with Crippen LogP contribution in [0, 0.1) is 0 Å². The molecule has 1 aromatic carbocycles. The van der Waals surface area contributed by atoms with Gasteiger partial charge in [0.2, 0.25) is 10.0 Å². The second kappa shape index (κ2) is 6.07. The first kappa shape index (κ1) is 15.0. The molecule has 0 amide bonds. The first-order chi connectivity index (χ1) is 10.1. The van der Waals surface area contributed by atoms with E-state index >= 15 is 0 Å². The molecule has 5 heteroatoms. The molecule has 0 spiro atoms. The summed E-state index contributed by atoms with van der Waals surface area (Å²) < 4.78 is 27.3. The lowest BCUT2D eigenvalue weighted by molar-refractivity contribution is 0.421. The first-order valence-corrected chi connectivity index (χ1v) is 9.39. The van der Waals surface area contributed by atoms with Crippen molar-refractivity contribution in [2.75, 3.05) is 13.1 Å². The third-order valence-electron chi connectivity index (χ3n) is 4.69. The zero-order valence-corrected chi connectivity index (χ0v) is 13.2. The largest absolute Gasteiger partial charge is 0.328 e. The van der Waals surface area contributed by atoms with Gasteiger partial charge in [0.25, 0.3) is 0 Å². The van der Waals surface area contributed by atoms with E-state index in [1.165, 1.54) is 17.5 Å². The van der Waals surface area contributed by atoms with Gasteiger partial charge in [-0.1, -0.05) is 6.07 Å². The molecule has 116 valence electrons. The van der Waals surface area contributed by atoms with E-state index in [9.17, 15) is 8.42 Å². The Morgan fingerprint density at radius 1 is 1.00 bits per heavy atom. The van der Waals surface area contributed by atoms with Crippen LogP contribution in [0.25, 0.3) is 0 Å². The molecule has 2 N–H and O–H groups in total. The summed E-state index contributed by atoms with van der Waals surface area (Å²) >= 11 is 0. The third-order valence-corrected chi connectivity index (χ3v) is 6.58. The van der Waals surface area contributed by atoms with Gasteiger partial charge in [-0.05, 0) is 68.2 Å². The molecule has 4 nitrogen and oxygen atoms in total. The van der Waals surface area contributed by atoms with Gasteiger partial charge in [-0.15, -0.1) is 0 Å². The summed E-state index contributed by atoms with van der Waals surface area (Å²) in [5.41, 5.74) is 8.48. The molecule has 0 radical (unpaired) electrons. The zero-order valence-electron chi connectivity index (χ0n) is 12.4. The quantitative estimate of drug-likeness (QED) is 0.909. The molecular formula is C16H24N2O2S. The highest BCUT2D eigenvalue weighted by atomic mass is 32.2. The van der Waals surface area contributed by atoms with Crippen molar-refractivity contribution in [1.29, 1.82) is 0 Å². The number of aryl methyl sites for hydroxylation is 2. The van der Waals surface area contributed by atoms with E-state index < -0.39 is 10.0 Å². The van der Waals surface area contributed by atoms with Crippen LogP contribution in [0.1, 0.15) is 43.2 Å². The van der Waals surface area contributed by atoms with E-state index in [-0.39, 0.29) is 6.04 Å². The first-order valence-electron chi connectivity index (χ1n) is 7.95. The molecule has 0 aromatic heterocycles. The smallest absolute Gasteiger partial charge is 0.243 e. The molecular weight excluding hydrogens is 284 g/mol. The lowest BCUT2D eigenvalue weighted by Gasteiger charge is -2.22. The van der Waals surface area contributed by atoms with Gasteiger partial charge >= 0.3 is 0 Å². The number of nitrogens with zero attached hydrogens (tertiary/aromatic N) is 1. The van der Waals surface area contributed by atoms with Gasteiger partial charge < -0.3 is 5.73 Å². The molecule has 1 saturated heterocycles. The van der Waals surface area contributed by atoms with Gasteiger partial charge in [0.1, 0.15) is 0 Å². The number of fused-ring (bicyclic) bond motifs is 1. The molecule has 1 aliphatic carbocycles. The van der Waals surface area contributed by atoms with Crippen LogP contribution in [0.3, 0.4) is 0 Å². The molecule has 1 aromatic rings. The van der Waals surface area contributed by atoms with Crippen molar-refractivity contribution in [2.24, 2.45) is 5.73 Å². The van der Waals surface area contributed by atoms with E-state index in [0.29, 0.717) is 18.0 Å². The topological polar surface area (TPSA) is 63.4 Å². The fourth-order valence-corrected chi connectivity index (χ4v) is 4.90. The Balaban J connectivity index is 1.87. The van der Waals surface area contributed by atoms with Crippen LogP contribution in [0.2, 0.25) is 0 Å². The van der Waals surface area contributed by atoms with Crippen LogP contribution in [0.15, 0.2) is 23.1 Å². The number of rotatable bonds is 2. The van der Waals surface area contributed by atoms with Gasteiger partial charge in [0, 0.05) is 19.1 Å². The maximum atomic E-state index is 12.8. The molecule has 2 aliphatic rings. The van der Waals surface area contributed by atoms with Crippen LogP contribution in [-0.2, 0) is 22.9 Å². The Kier molecular flexibility index (Phi) is 4.33. The summed E-state index contributed by atoms with van der Waals surface area (Å²) in [7, 11) is -3.36. The number of hydrogen-bond acceptors (Lipinski definition) is 3. The summed E-state index contributed by atoms with van der Waals surface area (Å²) in [5.74, 6) is 0. The fraction of sp³-hybridized carbons (Fsp3) is 0.625. The predicted octanol–water partition coefficient (Wildman–Crippen LogP) is 2.07. The molecule has 1 heterocycles. The molecule has 0 bridgehead atoms. The van der Waals surface area contributed by atoms with E-state index in [0.717, 1.165) is 38.5 Å². The molecule has 1 unspecified atom stereocenters. The normalized spacial score (nSPS) is 24.3. The van der Waals surface area contributed by atoms with Crippen molar-refractivity contribution in [1.82, 2.24) is 4.31 Å². The summed E-state index contributed by atoms with van der Waals surface area (Å²) in [6.45, 7) is 1.13. The Morgan fingerprint density at radius 2 is 1.76 bits per heavy atom. The van der Waals surface area contributed by atoms with E-state index in [1.54, 1.807) is 10.4 Å². The second-order valence-corrected chi connectivity index (χ2v) is 8.17. The van der Waals surface area contributed by atoms with E-state index in [2.05, 4.69) is 0 Å². The highest BCUT2D eigenvalue weighted by Gasteiger charge is 2.27. The van der Waals surface area contributed by atoms with Gasteiger partial charge in [0.05, 0.1) is 4.90 Å². The molecule has 1 fully saturated rings. The maximum Gasteiger partial charge on any atom is 0.243 e. The van der Waals surface area contributed by atoms with E-state index in [1.807, 2.05) is 12.1 Å². The number of benzene rings is 1. The molecule has 21 heavy (non-hydrogen) atoms. The average molecular weight is 308 g/mol. The Hall–Kier alpha value is -0.910. The SMILES string of the molecule is NC1CCCN(S(=O)(=O)c2ccc3c(c2)CCCC3)CC1. The number of hydrogen-bond donors (Lipinski definition) is 1. The minimum Gasteiger partial charge on any atom is -0.328 e. The third kappa shape index (κ3) is 3.15. The van der Waals surface area contributed by atoms with Gasteiger partial charge in [-0.2, -0.15) is 4.31 Å². The van der Waals surface area contributed by atoms with Crippen LogP contribution in [0.5, 0.6) is 0 Å². The van der Waals surface area contributed by atoms with Crippen molar-refractivity contribution in [3.8, 4) is 0 Å². The fourth-order valence-electron chi connectivity index (χ4n) is 3.36. The molecule has 1 aliphatic heterocycles. The van der Waals surface area contributed by atoms with Crippen molar-refractivity contribution in [3.05, 3.63) is 29.3 Å². The molecule has 1 atom stereocenters. The van der Waals surface area contributed by atoms with Crippen LogP contribution >= 0.6 is 0 Å². The molecule has 0 saturated carbocycles. The zero-order chi connectivity index (χ0) is 14.9. The summed E-state index contributed by atoms with van der Waals surface area (Å²) in [6.07, 6.45) is 6.97. The van der Waals surface area contributed by atoms with Crippen molar-refractivity contribution >= 4 is 10.0 Å². The predicted molar refractivity (Wildman–Crippen MR) is 83.7 cm³/mol. The van der Waals surface area contributed by atoms with Gasteiger partial charge in [-0.3, -0.25) is 0 Å². The summed E-state index contributed by atoms with van der Waals surface area (Å²) in [6, 6.07) is 5.82.